The number of carbonyl (C=O) groups excluding carboxylic acids is 1. The van der Waals surface area contributed by atoms with E-state index in [4.69, 9.17) is 0 Å². The Morgan fingerprint density at radius 2 is 2.13 bits per heavy atom. The van der Waals surface area contributed by atoms with Crippen LogP contribution in [0.2, 0.25) is 0 Å². The van der Waals surface area contributed by atoms with Crippen molar-refractivity contribution in [3.8, 4) is 0 Å². The molecule has 1 aromatic carbocycles. The van der Waals surface area contributed by atoms with Gasteiger partial charge in [-0.2, -0.15) is 0 Å². The first kappa shape index (κ1) is 18.0. The largest absolute Gasteiger partial charge is 0.352 e. The molecule has 1 amide bonds. The number of nitrogens with zero attached hydrogens (tertiary/aromatic N) is 1. The summed E-state index contributed by atoms with van der Waals surface area (Å²) >= 11 is 0. The average Bonchev–Trinajstić information content (AvgIpc) is 2.53. The molecule has 0 aromatic heterocycles. The number of benzene rings is 1. The van der Waals surface area contributed by atoms with E-state index in [1.165, 1.54) is 11.1 Å². The second kappa shape index (κ2) is 8.46. The number of carbonyl (C=O) groups is 1. The molecule has 1 saturated heterocycles. The van der Waals surface area contributed by atoms with E-state index in [1.54, 1.807) is 0 Å². The van der Waals surface area contributed by atoms with Crippen molar-refractivity contribution in [3.05, 3.63) is 35.4 Å². The molecule has 2 N–H and O–H groups in total. The van der Waals surface area contributed by atoms with Crippen molar-refractivity contribution >= 4 is 5.91 Å². The summed E-state index contributed by atoms with van der Waals surface area (Å²) in [6.45, 7) is 9.04. The summed E-state index contributed by atoms with van der Waals surface area (Å²) in [5.41, 5.74) is 2.47. The summed E-state index contributed by atoms with van der Waals surface area (Å²) in [7, 11) is 2.14. The van der Waals surface area contributed by atoms with Gasteiger partial charge in [0.05, 0.1) is 0 Å². The van der Waals surface area contributed by atoms with E-state index in [9.17, 15) is 4.79 Å². The first-order valence-corrected chi connectivity index (χ1v) is 8.75. The van der Waals surface area contributed by atoms with Crippen LogP contribution in [0.4, 0.5) is 0 Å². The fraction of sp³-hybridized carbons (Fsp3) is 0.632. The molecule has 1 heterocycles. The molecular formula is C19H31N3O. The lowest BCUT2D eigenvalue weighted by atomic mass is 9.92. The fourth-order valence-corrected chi connectivity index (χ4v) is 3.01. The number of hydrogen-bond acceptors (Lipinski definition) is 3. The summed E-state index contributed by atoms with van der Waals surface area (Å²) in [4.78, 5) is 14.6. The van der Waals surface area contributed by atoms with Crippen molar-refractivity contribution in [3.63, 3.8) is 0 Å². The van der Waals surface area contributed by atoms with Crippen LogP contribution in [-0.2, 0) is 17.9 Å². The monoisotopic (exact) mass is 317 g/mol. The number of piperidine rings is 1. The Labute approximate surface area is 140 Å². The van der Waals surface area contributed by atoms with Crippen molar-refractivity contribution < 1.29 is 4.79 Å². The van der Waals surface area contributed by atoms with Gasteiger partial charge in [0.2, 0.25) is 5.91 Å². The van der Waals surface area contributed by atoms with Gasteiger partial charge in [-0.25, -0.2) is 0 Å². The molecule has 0 bridgehead atoms. The van der Waals surface area contributed by atoms with E-state index in [0.29, 0.717) is 18.6 Å². The summed E-state index contributed by atoms with van der Waals surface area (Å²) < 4.78 is 0. The predicted octanol–water partition coefficient (Wildman–Crippen LogP) is 2.53. The number of hydrogen-bond donors (Lipinski definition) is 2. The molecule has 2 atom stereocenters. The lowest BCUT2D eigenvalue weighted by molar-refractivity contribution is -0.126. The van der Waals surface area contributed by atoms with Crippen LogP contribution in [0.15, 0.2) is 24.3 Å². The highest BCUT2D eigenvalue weighted by Crippen LogP contribution is 2.16. The molecule has 0 radical (unpaired) electrons. The summed E-state index contributed by atoms with van der Waals surface area (Å²) in [5.74, 6) is 0.351. The van der Waals surface area contributed by atoms with Gasteiger partial charge in [-0.05, 0) is 58.3 Å². The zero-order valence-corrected chi connectivity index (χ0v) is 14.9. The molecule has 4 heteroatoms. The first-order chi connectivity index (χ1) is 11.0. The highest BCUT2D eigenvalue weighted by Gasteiger charge is 2.24. The molecule has 0 spiro atoms. The van der Waals surface area contributed by atoms with E-state index in [0.717, 1.165) is 25.9 Å². The van der Waals surface area contributed by atoms with Gasteiger partial charge in [-0.15, -0.1) is 0 Å². The molecule has 23 heavy (non-hydrogen) atoms. The average molecular weight is 317 g/mol. The molecule has 0 saturated carbocycles. The summed E-state index contributed by atoms with van der Waals surface area (Å²) in [6.07, 6.45) is 1.88. The van der Waals surface area contributed by atoms with E-state index in [-0.39, 0.29) is 11.8 Å². The third kappa shape index (κ3) is 5.63. The maximum Gasteiger partial charge on any atom is 0.223 e. The molecule has 1 fully saturated rings. The van der Waals surface area contributed by atoms with Crippen molar-refractivity contribution in [1.29, 1.82) is 0 Å². The quantitative estimate of drug-likeness (QED) is 0.847. The Bertz CT molecular complexity index is 515. The summed E-state index contributed by atoms with van der Waals surface area (Å²) in [6, 6.07) is 9.49. The van der Waals surface area contributed by atoms with Gasteiger partial charge in [0, 0.05) is 31.1 Å². The van der Waals surface area contributed by atoms with Gasteiger partial charge in [0.1, 0.15) is 0 Å². The zero-order valence-electron chi connectivity index (χ0n) is 14.9. The SMILES string of the molecule is CC(C)N(C)Cc1cccc(CNC(=O)[C@H]2CCN[C@@H](C)C2)c1. The van der Waals surface area contributed by atoms with Crippen LogP contribution in [0.25, 0.3) is 0 Å². The van der Waals surface area contributed by atoms with Crippen LogP contribution < -0.4 is 10.6 Å². The minimum Gasteiger partial charge on any atom is -0.352 e. The third-order valence-electron chi connectivity index (χ3n) is 4.77. The van der Waals surface area contributed by atoms with E-state index in [2.05, 4.69) is 67.6 Å². The zero-order chi connectivity index (χ0) is 16.8. The molecule has 1 aliphatic rings. The van der Waals surface area contributed by atoms with Crippen molar-refractivity contribution in [1.82, 2.24) is 15.5 Å². The van der Waals surface area contributed by atoms with Crippen molar-refractivity contribution in [2.24, 2.45) is 5.92 Å². The fourth-order valence-electron chi connectivity index (χ4n) is 3.01. The summed E-state index contributed by atoms with van der Waals surface area (Å²) in [5, 5.41) is 6.50. The van der Waals surface area contributed by atoms with Crippen LogP contribution >= 0.6 is 0 Å². The molecule has 4 nitrogen and oxygen atoms in total. The van der Waals surface area contributed by atoms with Gasteiger partial charge in [0.15, 0.2) is 0 Å². The van der Waals surface area contributed by atoms with Crippen LogP contribution in [-0.4, -0.2) is 36.5 Å². The van der Waals surface area contributed by atoms with Gasteiger partial charge >= 0.3 is 0 Å². The van der Waals surface area contributed by atoms with Crippen LogP contribution in [0.1, 0.15) is 44.7 Å². The number of rotatable bonds is 6. The Morgan fingerprint density at radius 1 is 1.39 bits per heavy atom. The molecule has 0 unspecified atom stereocenters. The van der Waals surface area contributed by atoms with Gasteiger partial charge in [-0.1, -0.05) is 24.3 Å². The van der Waals surface area contributed by atoms with E-state index >= 15 is 0 Å². The van der Waals surface area contributed by atoms with Gasteiger partial charge < -0.3 is 10.6 Å². The Balaban J connectivity index is 1.86. The Hall–Kier alpha value is -1.39. The second-order valence-corrected chi connectivity index (χ2v) is 7.12. The maximum atomic E-state index is 12.3. The van der Waals surface area contributed by atoms with Gasteiger partial charge in [0.25, 0.3) is 0 Å². The highest BCUT2D eigenvalue weighted by molar-refractivity contribution is 5.78. The topological polar surface area (TPSA) is 44.4 Å². The lowest BCUT2D eigenvalue weighted by Crippen LogP contribution is -2.42. The van der Waals surface area contributed by atoms with Crippen molar-refractivity contribution in [2.45, 2.75) is 58.8 Å². The Kier molecular flexibility index (Phi) is 6.60. The minimum atomic E-state index is 0.154. The number of amides is 1. The molecule has 1 aromatic rings. The minimum absolute atomic E-state index is 0.154. The van der Waals surface area contributed by atoms with Crippen molar-refractivity contribution in [2.75, 3.05) is 13.6 Å². The molecule has 128 valence electrons. The normalized spacial score (nSPS) is 21.7. The van der Waals surface area contributed by atoms with Crippen LogP contribution in [0, 0.1) is 5.92 Å². The molecular weight excluding hydrogens is 286 g/mol. The molecule has 2 rings (SSSR count). The maximum absolute atomic E-state index is 12.3. The third-order valence-corrected chi connectivity index (χ3v) is 4.77. The van der Waals surface area contributed by atoms with E-state index in [1.807, 2.05) is 0 Å². The van der Waals surface area contributed by atoms with Crippen LogP contribution in [0.5, 0.6) is 0 Å². The first-order valence-electron chi connectivity index (χ1n) is 8.75. The Morgan fingerprint density at radius 3 is 2.83 bits per heavy atom. The molecule has 0 aliphatic carbocycles. The smallest absolute Gasteiger partial charge is 0.223 e. The number of nitrogens with one attached hydrogen (secondary N) is 2. The van der Waals surface area contributed by atoms with E-state index < -0.39 is 0 Å². The predicted molar refractivity (Wildman–Crippen MR) is 95.1 cm³/mol. The van der Waals surface area contributed by atoms with Crippen LogP contribution in [0.3, 0.4) is 0 Å². The standard InChI is InChI=1S/C19H31N3O/c1-14(2)22(4)13-17-7-5-6-16(11-17)12-21-19(23)18-8-9-20-15(3)10-18/h5-7,11,14-15,18,20H,8-10,12-13H2,1-4H3,(H,21,23)/t15-,18-/m0/s1. The second-order valence-electron chi connectivity index (χ2n) is 7.12. The highest BCUT2D eigenvalue weighted by atomic mass is 16.1. The lowest BCUT2D eigenvalue weighted by Gasteiger charge is -2.27. The molecule has 1 aliphatic heterocycles. The van der Waals surface area contributed by atoms with Gasteiger partial charge in [-0.3, -0.25) is 9.69 Å².